The van der Waals surface area contributed by atoms with E-state index in [2.05, 4.69) is 26.2 Å². The number of anilines is 1. The van der Waals surface area contributed by atoms with Gasteiger partial charge in [-0.1, -0.05) is 58.2 Å². The van der Waals surface area contributed by atoms with Crippen molar-refractivity contribution < 1.29 is 9.59 Å². The van der Waals surface area contributed by atoms with Crippen molar-refractivity contribution in [2.45, 2.75) is 65.3 Å². The molecule has 1 aromatic carbocycles. The van der Waals surface area contributed by atoms with Crippen LogP contribution in [-0.2, 0) is 9.59 Å². The predicted molar refractivity (Wildman–Crippen MR) is 95.4 cm³/mol. The quantitative estimate of drug-likeness (QED) is 0.659. The number of para-hydroxylation sites is 1. The van der Waals surface area contributed by atoms with Gasteiger partial charge in [0.05, 0.1) is 5.69 Å². The fraction of sp³-hybridized carbons (Fsp3) is 0.600. The SMILES string of the molecule is CCCCC[C@@H]1NN(c2ccccc2)C(=O)[C@@]12CC(C)(C)CC2=O. The highest BCUT2D eigenvalue weighted by Gasteiger charge is 2.64. The Labute approximate surface area is 144 Å². The summed E-state index contributed by atoms with van der Waals surface area (Å²) < 4.78 is 0. The maximum absolute atomic E-state index is 13.3. The fourth-order valence-corrected chi connectivity index (χ4v) is 4.37. The molecule has 0 bridgehead atoms. The molecule has 0 aromatic heterocycles. The van der Waals surface area contributed by atoms with Crippen LogP contribution in [0.5, 0.6) is 0 Å². The van der Waals surface area contributed by atoms with Gasteiger partial charge in [0.2, 0.25) is 0 Å². The van der Waals surface area contributed by atoms with E-state index in [4.69, 9.17) is 0 Å². The van der Waals surface area contributed by atoms with Crippen LogP contribution in [0.25, 0.3) is 0 Å². The highest BCUT2D eigenvalue weighted by molar-refractivity contribution is 6.15. The van der Waals surface area contributed by atoms with E-state index in [1.54, 1.807) is 5.01 Å². The summed E-state index contributed by atoms with van der Waals surface area (Å²) in [7, 11) is 0. The summed E-state index contributed by atoms with van der Waals surface area (Å²) in [6.07, 6.45) is 5.31. The van der Waals surface area contributed by atoms with E-state index in [-0.39, 0.29) is 23.1 Å². The van der Waals surface area contributed by atoms with Crippen LogP contribution in [0, 0.1) is 10.8 Å². The van der Waals surface area contributed by atoms with Crippen LogP contribution >= 0.6 is 0 Å². The standard InChI is InChI=1S/C20H28N2O2/c1-4-5-7-12-16-20(14-19(2,3)13-17(20)23)18(24)22(21-16)15-10-8-6-9-11-15/h6,8-11,16,21H,4-5,7,12-14H2,1-3H3/t16-,20-/m0/s1. The zero-order valence-electron chi connectivity index (χ0n) is 15.0. The van der Waals surface area contributed by atoms with Crippen LogP contribution in [-0.4, -0.2) is 17.7 Å². The molecule has 2 fully saturated rings. The first-order valence-corrected chi connectivity index (χ1v) is 9.10. The average Bonchev–Trinajstić information content (AvgIpc) is 2.96. The third kappa shape index (κ3) is 2.77. The molecular formula is C20H28N2O2. The fourth-order valence-electron chi connectivity index (χ4n) is 4.37. The van der Waals surface area contributed by atoms with Gasteiger partial charge in [-0.3, -0.25) is 9.59 Å². The Morgan fingerprint density at radius 1 is 1.17 bits per heavy atom. The maximum Gasteiger partial charge on any atom is 0.256 e. The van der Waals surface area contributed by atoms with Gasteiger partial charge in [-0.15, -0.1) is 0 Å². The number of amides is 1. The van der Waals surface area contributed by atoms with Crippen molar-refractivity contribution in [1.82, 2.24) is 5.43 Å². The molecule has 2 atom stereocenters. The van der Waals surface area contributed by atoms with E-state index in [0.29, 0.717) is 12.8 Å². The Morgan fingerprint density at radius 3 is 2.46 bits per heavy atom. The van der Waals surface area contributed by atoms with Gasteiger partial charge in [0.25, 0.3) is 5.91 Å². The smallest absolute Gasteiger partial charge is 0.256 e. The molecule has 2 aliphatic rings. The summed E-state index contributed by atoms with van der Waals surface area (Å²) in [5, 5.41) is 1.62. The highest BCUT2D eigenvalue weighted by atomic mass is 16.2. The number of benzene rings is 1. The molecule has 3 rings (SSSR count). The summed E-state index contributed by atoms with van der Waals surface area (Å²) in [6.45, 7) is 6.37. The molecule has 1 spiro atoms. The van der Waals surface area contributed by atoms with Crippen molar-refractivity contribution >= 4 is 17.4 Å². The second kappa shape index (κ2) is 6.32. The van der Waals surface area contributed by atoms with Crippen molar-refractivity contribution in [1.29, 1.82) is 0 Å². The summed E-state index contributed by atoms with van der Waals surface area (Å²) >= 11 is 0. The molecule has 24 heavy (non-hydrogen) atoms. The monoisotopic (exact) mass is 328 g/mol. The lowest BCUT2D eigenvalue weighted by Gasteiger charge is -2.27. The zero-order chi connectivity index (χ0) is 17.4. The Bertz CT molecular complexity index is 626. The van der Waals surface area contributed by atoms with Crippen molar-refractivity contribution in [3.63, 3.8) is 0 Å². The molecule has 1 saturated carbocycles. The summed E-state index contributed by atoms with van der Waals surface area (Å²) in [6, 6.07) is 9.51. The minimum Gasteiger partial charge on any atom is -0.298 e. The molecule has 1 saturated heterocycles. The van der Waals surface area contributed by atoms with Gasteiger partial charge < -0.3 is 0 Å². The number of unbranched alkanes of at least 4 members (excludes halogenated alkanes) is 2. The summed E-state index contributed by atoms with van der Waals surface area (Å²) in [4.78, 5) is 26.3. The second-order valence-corrected chi connectivity index (χ2v) is 8.07. The lowest BCUT2D eigenvalue weighted by molar-refractivity contribution is -0.136. The molecule has 0 radical (unpaired) electrons. The first-order chi connectivity index (χ1) is 11.4. The van der Waals surface area contributed by atoms with Crippen molar-refractivity contribution in [3.8, 4) is 0 Å². The van der Waals surface area contributed by atoms with E-state index in [1.165, 1.54) is 0 Å². The topological polar surface area (TPSA) is 49.4 Å². The van der Waals surface area contributed by atoms with E-state index in [1.807, 2.05) is 30.3 Å². The maximum atomic E-state index is 13.3. The number of rotatable bonds is 5. The van der Waals surface area contributed by atoms with Gasteiger partial charge in [-0.05, 0) is 30.4 Å². The van der Waals surface area contributed by atoms with E-state index in [9.17, 15) is 9.59 Å². The third-order valence-electron chi connectivity index (χ3n) is 5.47. The minimum atomic E-state index is -0.882. The van der Waals surface area contributed by atoms with Crippen LogP contribution in [0.2, 0.25) is 0 Å². The van der Waals surface area contributed by atoms with Crippen LogP contribution < -0.4 is 10.4 Å². The molecule has 1 heterocycles. The van der Waals surface area contributed by atoms with Crippen molar-refractivity contribution in [2.24, 2.45) is 10.8 Å². The van der Waals surface area contributed by atoms with Crippen molar-refractivity contribution in [3.05, 3.63) is 30.3 Å². The largest absolute Gasteiger partial charge is 0.298 e. The lowest BCUT2D eigenvalue weighted by atomic mass is 9.74. The van der Waals surface area contributed by atoms with Crippen LogP contribution in [0.1, 0.15) is 59.3 Å². The molecule has 1 amide bonds. The number of ketones is 1. The summed E-state index contributed by atoms with van der Waals surface area (Å²) in [5.74, 6) is 0.0516. The predicted octanol–water partition coefficient (Wildman–Crippen LogP) is 3.86. The number of carbonyl (C=O) groups excluding carboxylic acids is 2. The van der Waals surface area contributed by atoms with Gasteiger partial charge in [0, 0.05) is 12.5 Å². The third-order valence-corrected chi connectivity index (χ3v) is 5.47. The van der Waals surface area contributed by atoms with Gasteiger partial charge in [0.15, 0.2) is 5.78 Å². The Balaban J connectivity index is 1.94. The Kier molecular flexibility index (Phi) is 4.52. The van der Waals surface area contributed by atoms with E-state index < -0.39 is 5.41 Å². The lowest BCUT2D eigenvalue weighted by Crippen LogP contribution is -2.43. The molecule has 1 aromatic rings. The number of hydrogen-bond acceptors (Lipinski definition) is 3. The van der Waals surface area contributed by atoms with E-state index >= 15 is 0 Å². The van der Waals surface area contributed by atoms with Gasteiger partial charge in [-0.25, -0.2) is 10.4 Å². The number of hydrazine groups is 1. The molecule has 0 unspecified atom stereocenters. The Morgan fingerprint density at radius 2 is 1.88 bits per heavy atom. The molecule has 4 nitrogen and oxygen atoms in total. The molecule has 1 aliphatic heterocycles. The van der Waals surface area contributed by atoms with Gasteiger partial charge in [-0.2, -0.15) is 0 Å². The summed E-state index contributed by atoms with van der Waals surface area (Å²) in [5.41, 5.74) is 3.21. The number of nitrogens with zero attached hydrogens (tertiary/aromatic N) is 1. The number of Topliss-reactive ketones (excluding diaryl/α,β-unsaturated/α-hetero) is 1. The molecule has 4 heteroatoms. The number of hydrogen-bond donors (Lipinski definition) is 1. The second-order valence-electron chi connectivity index (χ2n) is 8.07. The van der Waals surface area contributed by atoms with Crippen LogP contribution in [0.3, 0.4) is 0 Å². The zero-order valence-corrected chi connectivity index (χ0v) is 15.0. The molecule has 1 aliphatic carbocycles. The number of carbonyl (C=O) groups is 2. The number of nitrogens with one attached hydrogen (secondary N) is 1. The van der Waals surface area contributed by atoms with Gasteiger partial charge in [0.1, 0.15) is 5.41 Å². The first kappa shape index (κ1) is 17.2. The Hall–Kier alpha value is -1.68. The van der Waals surface area contributed by atoms with E-state index in [0.717, 1.165) is 31.4 Å². The van der Waals surface area contributed by atoms with Crippen molar-refractivity contribution in [2.75, 3.05) is 5.01 Å². The van der Waals surface area contributed by atoms with Crippen LogP contribution in [0.15, 0.2) is 30.3 Å². The van der Waals surface area contributed by atoms with Gasteiger partial charge >= 0.3 is 0 Å². The first-order valence-electron chi connectivity index (χ1n) is 9.10. The highest BCUT2D eigenvalue weighted by Crippen LogP contribution is 2.52. The van der Waals surface area contributed by atoms with Crippen LogP contribution in [0.4, 0.5) is 5.69 Å². The minimum absolute atomic E-state index is 0.0641. The normalized spacial score (nSPS) is 29.0. The molecular weight excluding hydrogens is 300 g/mol. The molecule has 1 N–H and O–H groups in total. The molecule has 130 valence electrons. The average molecular weight is 328 g/mol.